The van der Waals surface area contributed by atoms with Gasteiger partial charge in [-0.1, -0.05) is 12.1 Å². The van der Waals surface area contributed by atoms with Gasteiger partial charge in [0.05, 0.1) is 11.6 Å². The summed E-state index contributed by atoms with van der Waals surface area (Å²) in [6, 6.07) is 13.9. The lowest BCUT2D eigenvalue weighted by molar-refractivity contribution is -0.0259. The first kappa shape index (κ1) is 19.7. The highest BCUT2D eigenvalue weighted by atomic mass is 16.5. The fourth-order valence-electron chi connectivity index (χ4n) is 4.23. The van der Waals surface area contributed by atoms with E-state index >= 15 is 0 Å². The highest BCUT2D eigenvalue weighted by molar-refractivity contribution is 5.99. The number of Topliss-reactive ketones (excluding diaryl/α,β-unsaturated/α-hetero) is 1. The van der Waals surface area contributed by atoms with Gasteiger partial charge in [0.1, 0.15) is 6.10 Å². The van der Waals surface area contributed by atoms with Crippen molar-refractivity contribution in [3.05, 3.63) is 65.5 Å². The second-order valence-electron chi connectivity index (χ2n) is 7.76. The Hall–Kier alpha value is -2.59. The Morgan fingerprint density at radius 3 is 2.52 bits per heavy atom. The number of nitrogens with zero attached hydrogens (tertiary/aromatic N) is 4. The van der Waals surface area contributed by atoms with Gasteiger partial charge in [-0.15, -0.1) is 0 Å². The van der Waals surface area contributed by atoms with Crippen molar-refractivity contribution in [1.29, 1.82) is 5.26 Å². The summed E-state index contributed by atoms with van der Waals surface area (Å²) in [6.07, 6.45) is 4.70. The zero-order chi connectivity index (χ0) is 20.1. The molecule has 0 spiro atoms. The Labute approximate surface area is 171 Å². The smallest absolute Gasteiger partial charge is 0.191 e. The van der Waals surface area contributed by atoms with Gasteiger partial charge in [-0.3, -0.25) is 19.6 Å². The molecule has 150 valence electrons. The average Bonchev–Trinajstić information content (AvgIpc) is 2.80. The summed E-state index contributed by atoms with van der Waals surface area (Å²) in [5, 5.41) is 8.92. The molecule has 0 radical (unpaired) electrons. The van der Waals surface area contributed by atoms with E-state index in [9.17, 15) is 4.79 Å². The molecule has 0 aliphatic carbocycles. The second kappa shape index (κ2) is 9.27. The van der Waals surface area contributed by atoms with Crippen LogP contribution in [0.1, 0.15) is 34.3 Å². The number of hydrogen-bond donors (Lipinski definition) is 0. The number of pyridine rings is 1. The van der Waals surface area contributed by atoms with Crippen LogP contribution in [0.15, 0.2) is 48.8 Å². The van der Waals surface area contributed by atoms with Crippen LogP contribution in [0.2, 0.25) is 0 Å². The lowest BCUT2D eigenvalue weighted by Crippen LogP contribution is -2.52. The van der Waals surface area contributed by atoms with E-state index in [2.05, 4.69) is 20.9 Å². The summed E-state index contributed by atoms with van der Waals surface area (Å²) in [4.78, 5) is 21.7. The molecule has 0 saturated carbocycles. The molecule has 0 bridgehead atoms. The number of aromatic nitrogens is 1. The van der Waals surface area contributed by atoms with Gasteiger partial charge in [-0.05, 0) is 42.7 Å². The van der Waals surface area contributed by atoms with Crippen LogP contribution in [-0.4, -0.2) is 65.5 Å². The highest BCUT2D eigenvalue weighted by Gasteiger charge is 2.33. The van der Waals surface area contributed by atoms with Crippen molar-refractivity contribution in [2.75, 3.05) is 32.8 Å². The van der Waals surface area contributed by atoms with E-state index in [0.29, 0.717) is 23.8 Å². The van der Waals surface area contributed by atoms with Crippen molar-refractivity contribution in [2.45, 2.75) is 31.5 Å². The Morgan fingerprint density at radius 1 is 1.10 bits per heavy atom. The van der Waals surface area contributed by atoms with Crippen LogP contribution < -0.4 is 0 Å². The molecule has 2 fully saturated rings. The van der Waals surface area contributed by atoms with Crippen molar-refractivity contribution >= 4 is 5.78 Å². The number of hydrogen-bond acceptors (Lipinski definition) is 6. The maximum atomic E-state index is 12.7. The molecule has 6 nitrogen and oxygen atoms in total. The monoisotopic (exact) mass is 390 g/mol. The van der Waals surface area contributed by atoms with Crippen LogP contribution in [0, 0.1) is 11.3 Å². The SMILES string of the molecule is N#Cc1ccc(CN2CCN(C3CCOC(C(=O)c4ccncc4)C3)CC2)cc1. The Bertz CT molecular complexity index is 855. The summed E-state index contributed by atoms with van der Waals surface area (Å²) >= 11 is 0. The zero-order valence-electron chi connectivity index (χ0n) is 16.5. The number of carbonyl (C=O) groups is 1. The van der Waals surface area contributed by atoms with E-state index in [-0.39, 0.29) is 11.9 Å². The molecule has 2 aliphatic heterocycles. The molecular formula is C23H26N4O2. The lowest BCUT2D eigenvalue weighted by Gasteiger charge is -2.42. The van der Waals surface area contributed by atoms with Gasteiger partial charge in [-0.2, -0.15) is 5.26 Å². The lowest BCUT2D eigenvalue weighted by atomic mass is 9.95. The van der Waals surface area contributed by atoms with Gasteiger partial charge >= 0.3 is 0 Å². The highest BCUT2D eigenvalue weighted by Crippen LogP contribution is 2.23. The Balaban J connectivity index is 1.29. The Morgan fingerprint density at radius 2 is 1.83 bits per heavy atom. The number of piperazine rings is 1. The first-order chi connectivity index (χ1) is 14.2. The van der Waals surface area contributed by atoms with E-state index in [1.54, 1.807) is 24.5 Å². The van der Waals surface area contributed by atoms with Crippen LogP contribution >= 0.6 is 0 Å². The molecule has 2 unspecified atom stereocenters. The van der Waals surface area contributed by atoms with Crippen LogP contribution in [0.25, 0.3) is 0 Å². The van der Waals surface area contributed by atoms with Crippen molar-refractivity contribution in [2.24, 2.45) is 0 Å². The number of ketones is 1. The average molecular weight is 390 g/mol. The normalized spacial score (nSPS) is 23.4. The fraction of sp³-hybridized carbons (Fsp3) is 0.435. The minimum atomic E-state index is -0.354. The molecule has 1 aromatic heterocycles. The molecule has 29 heavy (non-hydrogen) atoms. The number of benzene rings is 1. The minimum Gasteiger partial charge on any atom is -0.370 e. The van der Waals surface area contributed by atoms with Gasteiger partial charge in [0, 0.05) is 63.3 Å². The second-order valence-corrected chi connectivity index (χ2v) is 7.76. The molecule has 2 aliphatic rings. The largest absolute Gasteiger partial charge is 0.370 e. The van der Waals surface area contributed by atoms with E-state index in [0.717, 1.165) is 45.6 Å². The van der Waals surface area contributed by atoms with Gasteiger partial charge in [0.25, 0.3) is 0 Å². The molecule has 0 amide bonds. The summed E-state index contributed by atoms with van der Waals surface area (Å²) in [7, 11) is 0. The van der Waals surface area contributed by atoms with Crippen molar-refractivity contribution in [3.63, 3.8) is 0 Å². The van der Waals surface area contributed by atoms with Gasteiger partial charge in [0.2, 0.25) is 0 Å². The first-order valence-corrected chi connectivity index (χ1v) is 10.2. The first-order valence-electron chi connectivity index (χ1n) is 10.2. The summed E-state index contributed by atoms with van der Waals surface area (Å²) < 4.78 is 5.80. The van der Waals surface area contributed by atoms with Gasteiger partial charge in [-0.25, -0.2) is 0 Å². The topological polar surface area (TPSA) is 69.5 Å². The summed E-state index contributed by atoms with van der Waals surface area (Å²) in [5.41, 5.74) is 2.62. The van der Waals surface area contributed by atoms with Crippen LogP contribution in [0.5, 0.6) is 0 Å². The number of nitriles is 1. The molecule has 2 saturated heterocycles. The predicted molar refractivity (Wildman–Crippen MR) is 109 cm³/mol. The number of carbonyl (C=O) groups excluding carboxylic acids is 1. The standard InChI is InChI=1S/C23H26N4O2/c24-16-18-1-3-19(4-2-18)17-26-10-12-27(13-11-26)21-7-14-29-22(15-21)23(28)20-5-8-25-9-6-20/h1-6,8-9,21-22H,7,10-15,17H2. The maximum absolute atomic E-state index is 12.7. The number of rotatable bonds is 5. The third-order valence-corrected chi connectivity index (χ3v) is 5.93. The number of ether oxygens (including phenoxy) is 1. The van der Waals surface area contributed by atoms with Crippen LogP contribution in [0.3, 0.4) is 0 Å². The van der Waals surface area contributed by atoms with Gasteiger partial charge in [0.15, 0.2) is 5.78 Å². The van der Waals surface area contributed by atoms with Crippen LogP contribution in [0.4, 0.5) is 0 Å². The van der Waals surface area contributed by atoms with Gasteiger partial charge < -0.3 is 4.74 Å². The summed E-state index contributed by atoms with van der Waals surface area (Å²) in [5.74, 6) is 0.0663. The molecule has 2 atom stereocenters. The van der Waals surface area contributed by atoms with Crippen molar-refractivity contribution < 1.29 is 9.53 Å². The third kappa shape index (κ3) is 4.88. The molecule has 4 rings (SSSR count). The summed E-state index contributed by atoms with van der Waals surface area (Å²) in [6.45, 7) is 5.60. The minimum absolute atomic E-state index is 0.0663. The molecule has 6 heteroatoms. The predicted octanol–water partition coefficient (Wildman–Crippen LogP) is 2.50. The van der Waals surface area contributed by atoms with Crippen LogP contribution in [-0.2, 0) is 11.3 Å². The Kier molecular flexibility index (Phi) is 6.30. The van der Waals surface area contributed by atoms with E-state index < -0.39 is 0 Å². The zero-order valence-corrected chi connectivity index (χ0v) is 16.5. The molecule has 0 N–H and O–H groups in total. The molecular weight excluding hydrogens is 364 g/mol. The molecule has 3 heterocycles. The van der Waals surface area contributed by atoms with E-state index in [1.807, 2.05) is 24.3 Å². The molecule has 1 aromatic carbocycles. The van der Waals surface area contributed by atoms with Crippen molar-refractivity contribution in [3.8, 4) is 6.07 Å². The quantitative estimate of drug-likeness (QED) is 0.731. The van der Waals surface area contributed by atoms with E-state index in [4.69, 9.17) is 10.00 Å². The fourth-order valence-corrected chi connectivity index (χ4v) is 4.23. The van der Waals surface area contributed by atoms with Crippen molar-refractivity contribution in [1.82, 2.24) is 14.8 Å². The molecule has 2 aromatic rings. The third-order valence-electron chi connectivity index (χ3n) is 5.93. The maximum Gasteiger partial charge on any atom is 0.191 e. The van der Waals surface area contributed by atoms with E-state index in [1.165, 1.54) is 5.56 Å².